The molecule has 0 bridgehead atoms. The number of esters is 1. The predicted octanol–water partition coefficient (Wildman–Crippen LogP) is 6.59. The Kier molecular flexibility index (Phi) is 7.55. The number of aryl methyl sites for hydroxylation is 1. The molecule has 2 aliphatic carbocycles. The van der Waals surface area contributed by atoms with Crippen LogP contribution in [-0.4, -0.2) is 12.1 Å². The van der Waals surface area contributed by atoms with Crippen LogP contribution in [0.1, 0.15) is 88.7 Å². The van der Waals surface area contributed by atoms with Crippen LogP contribution >= 0.6 is 0 Å². The molecule has 1 aromatic rings. The predicted molar refractivity (Wildman–Crippen MR) is 112 cm³/mol. The highest BCUT2D eigenvalue weighted by molar-refractivity contribution is 5.82. The molecule has 1 aromatic carbocycles. The van der Waals surface area contributed by atoms with Gasteiger partial charge in [0.25, 0.3) is 0 Å². The third-order valence-electron chi connectivity index (χ3n) is 6.79. The zero-order valence-electron chi connectivity index (χ0n) is 17.2. The molecular weight excluding hydrogens is 332 g/mol. The number of carbonyl (C=O) groups is 1. The number of allylic oxidation sites excluding steroid dienone is 1. The third-order valence-corrected chi connectivity index (χ3v) is 6.79. The number of ether oxygens (including phenoxy) is 1. The zero-order chi connectivity index (χ0) is 19.1. The van der Waals surface area contributed by atoms with Gasteiger partial charge in [-0.05, 0) is 93.1 Å². The van der Waals surface area contributed by atoms with Crippen molar-refractivity contribution < 1.29 is 9.53 Å². The number of hydrogen-bond donors (Lipinski definition) is 0. The fourth-order valence-corrected chi connectivity index (χ4v) is 5.04. The molecule has 3 rings (SSSR count). The van der Waals surface area contributed by atoms with Gasteiger partial charge in [-0.15, -0.1) is 0 Å². The van der Waals surface area contributed by atoms with Gasteiger partial charge in [0.15, 0.2) is 0 Å². The van der Waals surface area contributed by atoms with Crippen molar-refractivity contribution in [1.29, 1.82) is 0 Å². The van der Waals surface area contributed by atoms with Crippen molar-refractivity contribution >= 4 is 5.97 Å². The normalized spacial score (nSPS) is 29.0. The van der Waals surface area contributed by atoms with E-state index >= 15 is 0 Å². The van der Waals surface area contributed by atoms with Crippen molar-refractivity contribution in [3.05, 3.63) is 47.5 Å². The lowest BCUT2D eigenvalue weighted by Gasteiger charge is -2.37. The SMILES string of the molecule is CCC=CC(=O)OC1CCC(C2CCC(c3ccc(CC)cc3)CC2)CC1. The summed E-state index contributed by atoms with van der Waals surface area (Å²) in [5.41, 5.74) is 2.98. The first kappa shape index (κ1) is 20.2. The van der Waals surface area contributed by atoms with Gasteiger partial charge in [0, 0.05) is 6.08 Å². The zero-order valence-corrected chi connectivity index (χ0v) is 17.2. The summed E-state index contributed by atoms with van der Waals surface area (Å²) < 4.78 is 5.60. The molecule has 27 heavy (non-hydrogen) atoms. The molecule has 148 valence electrons. The van der Waals surface area contributed by atoms with Crippen molar-refractivity contribution in [1.82, 2.24) is 0 Å². The van der Waals surface area contributed by atoms with E-state index in [0.29, 0.717) is 0 Å². The third kappa shape index (κ3) is 5.70. The van der Waals surface area contributed by atoms with E-state index in [1.54, 1.807) is 11.6 Å². The van der Waals surface area contributed by atoms with Gasteiger partial charge >= 0.3 is 5.97 Å². The largest absolute Gasteiger partial charge is 0.459 e. The van der Waals surface area contributed by atoms with Gasteiger partial charge in [-0.3, -0.25) is 0 Å². The Morgan fingerprint density at radius 3 is 2.07 bits per heavy atom. The molecule has 0 heterocycles. The summed E-state index contributed by atoms with van der Waals surface area (Å²) in [6.07, 6.45) is 15.6. The van der Waals surface area contributed by atoms with Crippen LogP contribution < -0.4 is 0 Å². The van der Waals surface area contributed by atoms with Crippen LogP contribution in [0, 0.1) is 11.8 Å². The molecule has 2 aliphatic rings. The average molecular weight is 369 g/mol. The number of hydrogen-bond acceptors (Lipinski definition) is 2. The fourth-order valence-electron chi connectivity index (χ4n) is 5.04. The Labute approximate surface area is 165 Å². The second kappa shape index (κ2) is 10.1. The Balaban J connectivity index is 1.41. The topological polar surface area (TPSA) is 26.3 Å². The molecular formula is C25H36O2. The standard InChI is InChI=1S/C25H36O2/c1-3-5-6-25(26)27-24-17-15-23(16-18-24)22-13-11-21(12-14-22)20-9-7-19(4-2)8-10-20/h5-10,21-24H,3-4,11-18H2,1-2H3. The Bertz CT molecular complexity index is 600. The highest BCUT2D eigenvalue weighted by Crippen LogP contribution is 2.43. The van der Waals surface area contributed by atoms with Gasteiger partial charge in [-0.1, -0.05) is 44.2 Å². The van der Waals surface area contributed by atoms with Crippen LogP contribution in [0.4, 0.5) is 0 Å². The second-order valence-corrected chi connectivity index (χ2v) is 8.49. The lowest BCUT2D eigenvalue weighted by molar-refractivity contribution is -0.145. The summed E-state index contributed by atoms with van der Waals surface area (Å²) in [4.78, 5) is 11.8. The second-order valence-electron chi connectivity index (χ2n) is 8.49. The van der Waals surface area contributed by atoms with Crippen molar-refractivity contribution in [3.63, 3.8) is 0 Å². The van der Waals surface area contributed by atoms with Crippen LogP contribution in [0.15, 0.2) is 36.4 Å². The minimum Gasteiger partial charge on any atom is -0.459 e. The van der Waals surface area contributed by atoms with E-state index in [9.17, 15) is 4.79 Å². The van der Waals surface area contributed by atoms with Gasteiger partial charge in [-0.2, -0.15) is 0 Å². The van der Waals surface area contributed by atoms with Gasteiger partial charge < -0.3 is 4.74 Å². The van der Waals surface area contributed by atoms with Gasteiger partial charge in [0.05, 0.1) is 0 Å². The molecule has 0 N–H and O–H groups in total. The number of carbonyl (C=O) groups excluding carboxylic acids is 1. The average Bonchev–Trinajstić information content (AvgIpc) is 2.73. The Morgan fingerprint density at radius 2 is 1.52 bits per heavy atom. The van der Waals surface area contributed by atoms with E-state index in [-0.39, 0.29) is 12.1 Å². The molecule has 0 aromatic heterocycles. The van der Waals surface area contributed by atoms with Gasteiger partial charge in [0.2, 0.25) is 0 Å². The summed E-state index contributed by atoms with van der Waals surface area (Å²) in [5.74, 6) is 2.33. The van der Waals surface area contributed by atoms with Crippen LogP contribution in [0.5, 0.6) is 0 Å². The van der Waals surface area contributed by atoms with Crippen molar-refractivity contribution in [3.8, 4) is 0 Å². The highest BCUT2D eigenvalue weighted by Gasteiger charge is 2.32. The van der Waals surface area contributed by atoms with Crippen LogP contribution in [-0.2, 0) is 16.0 Å². The minimum atomic E-state index is -0.158. The maximum atomic E-state index is 11.8. The van der Waals surface area contributed by atoms with Crippen LogP contribution in [0.3, 0.4) is 0 Å². The summed E-state index contributed by atoms with van der Waals surface area (Å²) in [6.45, 7) is 4.25. The number of benzene rings is 1. The smallest absolute Gasteiger partial charge is 0.330 e. The highest BCUT2D eigenvalue weighted by atomic mass is 16.5. The summed E-state index contributed by atoms with van der Waals surface area (Å²) >= 11 is 0. The molecule has 0 aliphatic heterocycles. The molecule has 2 heteroatoms. The summed E-state index contributed by atoms with van der Waals surface area (Å²) in [7, 11) is 0. The minimum absolute atomic E-state index is 0.142. The molecule has 2 fully saturated rings. The van der Waals surface area contributed by atoms with E-state index < -0.39 is 0 Å². The summed E-state index contributed by atoms with van der Waals surface area (Å²) in [5, 5.41) is 0. The first-order valence-corrected chi connectivity index (χ1v) is 11.2. The quantitative estimate of drug-likeness (QED) is 0.418. The first-order valence-electron chi connectivity index (χ1n) is 11.2. The fraction of sp³-hybridized carbons (Fsp3) is 0.640. The molecule has 0 spiro atoms. The van der Waals surface area contributed by atoms with Crippen LogP contribution in [0.25, 0.3) is 0 Å². The van der Waals surface area contributed by atoms with Crippen LogP contribution in [0.2, 0.25) is 0 Å². The molecule has 2 saturated carbocycles. The van der Waals surface area contributed by atoms with E-state index in [1.807, 2.05) is 13.0 Å². The maximum absolute atomic E-state index is 11.8. The molecule has 0 amide bonds. The monoisotopic (exact) mass is 368 g/mol. The van der Waals surface area contributed by atoms with Crippen molar-refractivity contribution in [2.75, 3.05) is 0 Å². The summed E-state index contributed by atoms with van der Waals surface area (Å²) in [6, 6.07) is 9.33. The Morgan fingerprint density at radius 1 is 0.926 bits per heavy atom. The van der Waals surface area contributed by atoms with Gasteiger partial charge in [-0.25, -0.2) is 4.79 Å². The van der Waals surface area contributed by atoms with Gasteiger partial charge in [0.1, 0.15) is 6.10 Å². The van der Waals surface area contributed by atoms with Crippen molar-refractivity contribution in [2.45, 2.75) is 90.1 Å². The molecule has 0 unspecified atom stereocenters. The number of rotatable bonds is 6. The van der Waals surface area contributed by atoms with E-state index in [0.717, 1.165) is 43.4 Å². The molecule has 0 atom stereocenters. The molecule has 0 radical (unpaired) electrons. The Hall–Kier alpha value is -1.57. The van der Waals surface area contributed by atoms with E-state index in [4.69, 9.17) is 4.74 Å². The first-order chi connectivity index (χ1) is 13.2. The van der Waals surface area contributed by atoms with E-state index in [2.05, 4.69) is 31.2 Å². The lowest BCUT2D eigenvalue weighted by Crippen LogP contribution is -2.29. The lowest BCUT2D eigenvalue weighted by atomic mass is 9.69. The molecule has 0 saturated heterocycles. The maximum Gasteiger partial charge on any atom is 0.330 e. The van der Waals surface area contributed by atoms with E-state index in [1.165, 1.54) is 44.1 Å². The van der Waals surface area contributed by atoms with Crippen molar-refractivity contribution in [2.24, 2.45) is 11.8 Å². The molecule has 2 nitrogen and oxygen atoms in total.